The largest absolute Gasteiger partial charge is 0.497 e. The Labute approximate surface area is 167 Å². The molecular formula is C20H22N4O3S. The summed E-state index contributed by atoms with van der Waals surface area (Å²) in [6.07, 6.45) is 0.991. The van der Waals surface area contributed by atoms with E-state index in [2.05, 4.69) is 39.6 Å². The highest BCUT2D eigenvalue weighted by atomic mass is 32.2. The van der Waals surface area contributed by atoms with E-state index in [1.807, 2.05) is 12.1 Å². The molecule has 1 aromatic heterocycles. The van der Waals surface area contributed by atoms with Crippen LogP contribution >= 0.6 is 11.8 Å². The Bertz CT molecular complexity index is 941. The van der Waals surface area contributed by atoms with Crippen LogP contribution in [0.5, 0.6) is 11.5 Å². The van der Waals surface area contributed by atoms with Crippen LogP contribution in [0.25, 0.3) is 11.4 Å². The molecule has 7 nitrogen and oxygen atoms in total. The predicted octanol–water partition coefficient (Wildman–Crippen LogP) is 3.78. The van der Waals surface area contributed by atoms with Crippen LogP contribution in [-0.4, -0.2) is 41.1 Å². The van der Waals surface area contributed by atoms with Crippen molar-refractivity contribution in [2.24, 2.45) is 0 Å². The summed E-state index contributed by atoms with van der Waals surface area (Å²) in [7, 11) is 3.12. The van der Waals surface area contributed by atoms with Crippen LogP contribution in [0.15, 0.2) is 47.6 Å². The first kappa shape index (κ1) is 19.8. The Morgan fingerprint density at radius 3 is 2.61 bits per heavy atom. The monoisotopic (exact) mass is 398 g/mol. The lowest BCUT2D eigenvalue weighted by atomic mass is 10.1. The molecule has 0 spiro atoms. The smallest absolute Gasteiger partial charge is 0.234 e. The maximum Gasteiger partial charge on any atom is 0.234 e. The molecule has 0 aliphatic carbocycles. The Morgan fingerprint density at radius 2 is 1.93 bits per heavy atom. The summed E-state index contributed by atoms with van der Waals surface area (Å²) in [6, 6.07) is 13.4. The van der Waals surface area contributed by atoms with Gasteiger partial charge in [-0.3, -0.25) is 9.89 Å². The van der Waals surface area contributed by atoms with Gasteiger partial charge in [0.05, 0.1) is 25.7 Å². The van der Waals surface area contributed by atoms with E-state index >= 15 is 0 Å². The molecule has 3 aromatic rings. The van der Waals surface area contributed by atoms with Crippen LogP contribution in [0.3, 0.4) is 0 Å². The van der Waals surface area contributed by atoms with E-state index in [1.165, 1.54) is 17.3 Å². The lowest BCUT2D eigenvalue weighted by molar-refractivity contribution is -0.113. The number of H-pyrrole nitrogens is 1. The Hall–Kier alpha value is -3.00. The van der Waals surface area contributed by atoms with Gasteiger partial charge in [-0.05, 0) is 24.1 Å². The Morgan fingerprint density at radius 1 is 1.14 bits per heavy atom. The maximum absolute atomic E-state index is 12.3. The lowest BCUT2D eigenvalue weighted by Gasteiger charge is -2.11. The molecular weight excluding hydrogens is 376 g/mol. The molecule has 0 radical (unpaired) electrons. The van der Waals surface area contributed by atoms with Gasteiger partial charge in [-0.1, -0.05) is 43.0 Å². The van der Waals surface area contributed by atoms with Gasteiger partial charge in [0.1, 0.15) is 11.5 Å². The number of aromatic nitrogens is 3. The number of nitrogens with zero attached hydrogens (tertiary/aromatic N) is 2. The molecule has 0 atom stereocenters. The number of hydrogen-bond donors (Lipinski definition) is 2. The molecule has 8 heteroatoms. The average Bonchev–Trinajstić information content (AvgIpc) is 3.21. The standard InChI is InChI=1S/C20H22N4O3S/c1-4-13-5-7-14(8-6-13)19-22-20(24-23-19)28-12-18(25)21-16-11-15(26-2)9-10-17(16)27-3/h5-11H,4,12H2,1-3H3,(H,21,25)(H,22,23,24). The van der Waals surface area contributed by atoms with Gasteiger partial charge in [0.15, 0.2) is 5.82 Å². The molecule has 146 valence electrons. The van der Waals surface area contributed by atoms with Crippen molar-refractivity contribution in [3.8, 4) is 22.9 Å². The summed E-state index contributed by atoms with van der Waals surface area (Å²) in [4.78, 5) is 16.8. The van der Waals surface area contributed by atoms with Crippen molar-refractivity contribution >= 4 is 23.4 Å². The molecule has 2 N–H and O–H groups in total. The highest BCUT2D eigenvalue weighted by Crippen LogP contribution is 2.29. The van der Waals surface area contributed by atoms with E-state index in [0.29, 0.717) is 28.2 Å². The first-order valence-electron chi connectivity index (χ1n) is 8.79. The molecule has 28 heavy (non-hydrogen) atoms. The van der Waals surface area contributed by atoms with Crippen molar-refractivity contribution in [2.75, 3.05) is 25.3 Å². The molecule has 0 aliphatic rings. The zero-order chi connectivity index (χ0) is 19.9. The van der Waals surface area contributed by atoms with Crippen molar-refractivity contribution in [1.82, 2.24) is 15.2 Å². The number of amides is 1. The maximum atomic E-state index is 12.3. The normalized spacial score (nSPS) is 10.5. The fourth-order valence-corrected chi connectivity index (χ4v) is 3.16. The van der Waals surface area contributed by atoms with Gasteiger partial charge in [0.25, 0.3) is 0 Å². The van der Waals surface area contributed by atoms with Crippen LogP contribution in [0.2, 0.25) is 0 Å². The molecule has 1 amide bonds. The fraction of sp³-hybridized carbons (Fsp3) is 0.250. The van der Waals surface area contributed by atoms with E-state index in [1.54, 1.807) is 32.4 Å². The van der Waals surface area contributed by atoms with Crippen molar-refractivity contribution in [2.45, 2.75) is 18.5 Å². The third kappa shape index (κ3) is 4.83. The van der Waals surface area contributed by atoms with E-state index in [9.17, 15) is 4.79 Å². The Kier molecular flexibility index (Phi) is 6.54. The van der Waals surface area contributed by atoms with Gasteiger partial charge >= 0.3 is 0 Å². The highest BCUT2D eigenvalue weighted by Gasteiger charge is 2.12. The third-order valence-corrected chi connectivity index (χ3v) is 4.96. The van der Waals surface area contributed by atoms with Gasteiger partial charge in [-0.2, -0.15) is 0 Å². The molecule has 0 aliphatic heterocycles. The fourth-order valence-electron chi connectivity index (χ4n) is 2.57. The number of anilines is 1. The number of benzene rings is 2. The summed E-state index contributed by atoms with van der Waals surface area (Å²) in [5, 5.41) is 10.4. The topological polar surface area (TPSA) is 89.1 Å². The third-order valence-electron chi connectivity index (χ3n) is 4.11. The van der Waals surface area contributed by atoms with Crippen LogP contribution in [0.1, 0.15) is 12.5 Å². The summed E-state index contributed by atoms with van der Waals surface area (Å²) in [5.41, 5.74) is 2.78. The minimum atomic E-state index is -0.185. The number of carbonyl (C=O) groups excluding carboxylic acids is 1. The summed E-state index contributed by atoms with van der Waals surface area (Å²) < 4.78 is 10.5. The van der Waals surface area contributed by atoms with E-state index < -0.39 is 0 Å². The SMILES string of the molecule is CCc1ccc(-c2nc(SCC(=O)Nc3cc(OC)ccc3OC)n[nH]2)cc1. The molecule has 3 rings (SSSR count). The number of rotatable bonds is 8. The van der Waals surface area contributed by atoms with Gasteiger partial charge in [-0.15, -0.1) is 5.10 Å². The van der Waals surface area contributed by atoms with E-state index in [0.717, 1.165) is 12.0 Å². The molecule has 0 fully saturated rings. The van der Waals surface area contributed by atoms with E-state index in [-0.39, 0.29) is 11.7 Å². The van der Waals surface area contributed by atoms with E-state index in [4.69, 9.17) is 9.47 Å². The molecule has 2 aromatic carbocycles. The van der Waals surface area contributed by atoms with Crippen LogP contribution in [-0.2, 0) is 11.2 Å². The van der Waals surface area contributed by atoms with Crippen LogP contribution in [0, 0.1) is 0 Å². The molecule has 0 saturated heterocycles. The average molecular weight is 398 g/mol. The lowest BCUT2D eigenvalue weighted by Crippen LogP contribution is -2.15. The number of thioether (sulfide) groups is 1. The summed E-state index contributed by atoms with van der Waals surface area (Å²) >= 11 is 1.26. The number of carbonyl (C=O) groups is 1. The zero-order valence-electron chi connectivity index (χ0n) is 16.0. The second-order valence-electron chi connectivity index (χ2n) is 5.92. The number of hydrogen-bond acceptors (Lipinski definition) is 6. The second kappa shape index (κ2) is 9.27. The quantitative estimate of drug-likeness (QED) is 0.561. The number of aromatic amines is 1. The van der Waals surface area contributed by atoms with Gasteiger partial charge in [0.2, 0.25) is 11.1 Å². The van der Waals surface area contributed by atoms with Crippen molar-refractivity contribution in [1.29, 1.82) is 0 Å². The number of ether oxygens (including phenoxy) is 2. The van der Waals surface area contributed by atoms with Gasteiger partial charge < -0.3 is 14.8 Å². The van der Waals surface area contributed by atoms with Crippen LogP contribution < -0.4 is 14.8 Å². The molecule has 1 heterocycles. The Balaban J connectivity index is 1.60. The summed E-state index contributed by atoms with van der Waals surface area (Å²) in [5.74, 6) is 1.87. The minimum Gasteiger partial charge on any atom is -0.497 e. The first-order chi connectivity index (χ1) is 13.6. The number of nitrogens with one attached hydrogen (secondary N) is 2. The van der Waals surface area contributed by atoms with Crippen molar-refractivity contribution in [3.05, 3.63) is 48.0 Å². The minimum absolute atomic E-state index is 0.173. The second-order valence-corrected chi connectivity index (χ2v) is 6.86. The van der Waals surface area contributed by atoms with Gasteiger partial charge in [0, 0.05) is 11.6 Å². The predicted molar refractivity (Wildman–Crippen MR) is 110 cm³/mol. The van der Waals surface area contributed by atoms with Crippen LogP contribution in [0.4, 0.5) is 5.69 Å². The first-order valence-corrected chi connectivity index (χ1v) is 9.78. The zero-order valence-corrected chi connectivity index (χ0v) is 16.8. The molecule has 0 saturated carbocycles. The molecule has 0 bridgehead atoms. The number of methoxy groups -OCH3 is 2. The molecule has 0 unspecified atom stereocenters. The van der Waals surface area contributed by atoms with Crippen molar-refractivity contribution in [3.63, 3.8) is 0 Å². The number of aryl methyl sites for hydroxylation is 1. The van der Waals surface area contributed by atoms with Crippen molar-refractivity contribution < 1.29 is 14.3 Å². The summed E-state index contributed by atoms with van der Waals surface area (Å²) in [6.45, 7) is 2.12. The highest BCUT2D eigenvalue weighted by molar-refractivity contribution is 7.99. The van der Waals surface area contributed by atoms with Gasteiger partial charge in [-0.25, -0.2) is 4.98 Å².